The van der Waals surface area contributed by atoms with E-state index in [1.165, 1.54) is 46.1 Å². The zero-order valence-electron chi connectivity index (χ0n) is 35.9. The molecule has 1 saturated heterocycles. The molecule has 0 spiro atoms. The van der Waals surface area contributed by atoms with Crippen molar-refractivity contribution in [2.75, 3.05) is 6.61 Å². The van der Waals surface area contributed by atoms with Gasteiger partial charge in [-0.3, -0.25) is 19.7 Å². The van der Waals surface area contributed by atoms with Crippen LogP contribution in [0.4, 0.5) is 4.79 Å². The second kappa shape index (κ2) is 16.6. The number of aliphatic hydroxyl groups excluding tert-OH is 2. The Morgan fingerprint density at radius 3 is 2.13 bits per heavy atom. The van der Waals surface area contributed by atoms with Crippen molar-refractivity contribution in [2.24, 2.45) is 16.7 Å². The van der Waals surface area contributed by atoms with Crippen LogP contribution in [-0.2, 0) is 52.3 Å². The highest BCUT2D eigenvalue weighted by molar-refractivity contribution is 5.95. The number of carbonyl (C=O) groups is 6. The van der Waals surface area contributed by atoms with Gasteiger partial charge in [-0.2, -0.15) is 0 Å². The van der Waals surface area contributed by atoms with E-state index in [4.69, 9.17) is 33.2 Å². The largest absolute Gasteiger partial charge is 0.475 e. The fraction of sp³-hybridized carbons (Fsp3) is 0.628. The number of nitrogens with one attached hydrogen (secondary N) is 1. The Bertz CT molecular complexity index is 1950. The van der Waals surface area contributed by atoms with E-state index in [1.807, 2.05) is 0 Å². The fourth-order valence-corrected chi connectivity index (χ4v) is 9.17. The number of Topliss-reactive ketones (excluding diaryl/α,β-unsaturated/α-hetero) is 1. The molecule has 0 unspecified atom stereocenters. The molecule has 3 fully saturated rings. The quantitative estimate of drug-likeness (QED) is 0.0868. The molecule has 0 aromatic heterocycles. The number of rotatable bonds is 10. The van der Waals surface area contributed by atoms with Gasteiger partial charge in [0.1, 0.15) is 29.5 Å². The molecule has 2 bridgehead atoms. The maximum Gasteiger partial charge on any atom is 0.410 e. The van der Waals surface area contributed by atoms with Crippen molar-refractivity contribution in [3.05, 3.63) is 58.9 Å². The van der Waals surface area contributed by atoms with Crippen molar-refractivity contribution in [1.29, 1.82) is 0 Å². The minimum Gasteiger partial charge on any atom is -0.475 e. The second-order valence-electron chi connectivity index (χ2n) is 18.0. The van der Waals surface area contributed by atoms with E-state index >= 15 is 4.79 Å². The van der Waals surface area contributed by atoms with E-state index in [9.17, 15) is 39.3 Å². The normalized spacial score (nSPS) is 32.7. The van der Waals surface area contributed by atoms with Gasteiger partial charge in [0.05, 0.1) is 35.9 Å². The summed E-state index contributed by atoms with van der Waals surface area (Å²) in [6, 6.07) is 7.78. The molecule has 1 aromatic carbocycles. The molecule has 5 rings (SSSR count). The first-order valence-electron chi connectivity index (χ1n) is 19.8. The van der Waals surface area contributed by atoms with Gasteiger partial charge in [-0.25, -0.2) is 14.4 Å². The van der Waals surface area contributed by atoms with E-state index in [0.29, 0.717) is 5.57 Å². The third-order valence-corrected chi connectivity index (χ3v) is 12.1. The predicted molar refractivity (Wildman–Crippen MR) is 208 cm³/mol. The first-order chi connectivity index (χ1) is 27.7. The highest BCUT2D eigenvalue weighted by Gasteiger charge is 2.78. The van der Waals surface area contributed by atoms with Gasteiger partial charge in [-0.05, 0) is 77.3 Å². The van der Waals surface area contributed by atoms with Crippen LogP contribution in [0.25, 0.3) is 0 Å². The number of carbonyl (C=O) groups excluding carboxylic acids is 6. The van der Waals surface area contributed by atoms with Crippen molar-refractivity contribution < 1.29 is 77.2 Å². The Balaban J connectivity index is 1.72. The monoisotopic (exact) mass is 843 g/mol. The minimum absolute atomic E-state index is 0.0332. The average Bonchev–Trinajstić information content (AvgIpc) is 3.13. The van der Waals surface area contributed by atoms with Gasteiger partial charge in [0.25, 0.3) is 0 Å². The fourth-order valence-electron chi connectivity index (χ4n) is 9.17. The molecule has 2 saturated carbocycles. The number of amides is 1. The molecule has 1 heterocycles. The Morgan fingerprint density at radius 2 is 1.60 bits per heavy atom. The highest BCUT2D eigenvalue weighted by atomic mass is 16.6. The summed E-state index contributed by atoms with van der Waals surface area (Å²) in [5.41, 5.74) is -8.14. The summed E-state index contributed by atoms with van der Waals surface area (Å²) >= 11 is 0. The Kier molecular flexibility index (Phi) is 12.8. The summed E-state index contributed by atoms with van der Waals surface area (Å²) in [4.78, 5) is 82.2. The van der Waals surface area contributed by atoms with Gasteiger partial charge in [0, 0.05) is 32.1 Å². The van der Waals surface area contributed by atoms with Crippen LogP contribution < -0.4 is 5.32 Å². The van der Waals surface area contributed by atoms with E-state index in [-0.39, 0.29) is 29.7 Å². The lowest BCUT2D eigenvalue weighted by Gasteiger charge is -2.67. The van der Waals surface area contributed by atoms with Crippen LogP contribution in [0.5, 0.6) is 0 Å². The molecule has 3 aliphatic carbocycles. The molecule has 60 heavy (non-hydrogen) atoms. The number of esters is 4. The van der Waals surface area contributed by atoms with Gasteiger partial charge < -0.3 is 48.5 Å². The van der Waals surface area contributed by atoms with Crippen LogP contribution in [0.2, 0.25) is 0 Å². The smallest absolute Gasteiger partial charge is 0.410 e. The molecular weight excluding hydrogens is 786 g/mol. The first kappa shape index (κ1) is 46.2. The average molecular weight is 844 g/mol. The summed E-state index contributed by atoms with van der Waals surface area (Å²) < 4.78 is 40.8. The van der Waals surface area contributed by atoms with E-state index in [2.05, 4.69) is 5.32 Å². The number of ketones is 1. The zero-order chi connectivity index (χ0) is 44.9. The van der Waals surface area contributed by atoms with Gasteiger partial charge in [0.2, 0.25) is 12.3 Å². The van der Waals surface area contributed by atoms with E-state index in [0.717, 1.165) is 13.8 Å². The molecule has 1 aliphatic heterocycles. The zero-order valence-corrected chi connectivity index (χ0v) is 35.9. The van der Waals surface area contributed by atoms with Crippen LogP contribution in [0.3, 0.4) is 0 Å². The SMILES string of the molecule is CC(=O)O[C@H]1C(=O)[C@@]2(C)[C@H]([C@H](OC(=O)c3ccccc3)[C@]3(O)C[C@H](OC(=O)[C@H](O)[C@@H](NC(=O)OC(C)(C)C)OC=C(C)C)C(C)=C1C3(C)C)[C@]1(OC(C)=O)CO[C@@H]1C[C@@H]2O. The van der Waals surface area contributed by atoms with Crippen molar-refractivity contribution in [2.45, 2.75) is 149 Å². The van der Waals surface area contributed by atoms with Crippen LogP contribution in [-0.4, -0.2) is 117 Å². The summed E-state index contributed by atoms with van der Waals surface area (Å²) in [7, 11) is 0. The lowest BCUT2D eigenvalue weighted by Crippen LogP contribution is -2.82. The molecule has 17 heteroatoms. The Hall–Kier alpha value is -4.84. The van der Waals surface area contributed by atoms with Crippen molar-refractivity contribution in [3.63, 3.8) is 0 Å². The predicted octanol–water partition coefficient (Wildman–Crippen LogP) is 3.36. The van der Waals surface area contributed by atoms with E-state index in [1.54, 1.807) is 52.8 Å². The van der Waals surface area contributed by atoms with Crippen LogP contribution in [0.1, 0.15) is 99.4 Å². The Labute approximate surface area is 348 Å². The standard InChI is InChI=1S/C43H57NO16/c1-21(2)19-54-35(44-38(52)60-39(6,7)8)30(48)37(51)57-26-18-43(53)34(58-36(50)25-15-13-12-14-16-25)32-41(11,27(47)17-28-42(32,20-55-28)59-24(5)46)33(49)31(56-23(4)45)29(22(26)3)40(43,9)10/h12-16,19,26-28,30-32,34-35,47-48,53H,17-18,20H2,1-11H3,(H,44,52)/t26-,27-,28+,30+,31+,32-,34-,35-,41+,42-,43+/m0/s1. The molecule has 11 atom stereocenters. The molecule has 17 nitrogen and oxygen atoms in total. The van der Waals surface area contributed by atoms with Gasteiger partial charge >= 0.3 is 30.0 Å². The Morgan fingerprint density at radius 1 is 0.967 bits per heavy atom. The number of hydrogen-bond donors (Lipinski definition) is 4. The third kappa shape index (κ3) is 8.28. The van der Waals surface area contributed by atoms with E-state index < -0.39 is 119 Å². The van der Waals surface area contributed by atoms with Gasteiger partial charge in [-0.15, -0.1) is 0 Å². The summed E-state index contributed by atoms with van der Waals surface area (Å²) in [6.45, 7) is 16.0. The first-order valence-corrected chi connectivity index (χ1v) is 19.8. The lowest BCUT2D eigenvalue weighted by atomic mass is 9.44. The van der Waals surface area contributed by atoms with Crippen molar-refractivity contribution >= 4 is 35.8 Å². The molecule has 0 radical (unpaired) electrons. The number of fused-ring (bicyclic) bond motifs is 5. The summed E-state index contributed by atoms with van der Waals surface area (Å²) in [5.74, 6) is -6.44. The maximum atomic E-state index is 15.4. The van der Waals surface area contributed by atoms with Crippen molar-refractivity contribution in [3.8, 4) is 0 Å². The number of alkyl carbamates (subject to hydrolysis) is 1. The topological polar surface area (TPSA) is 240 Å². The minimum atomic E-state index is -2.41. The number of allylic oxidation sites excluding steroid dienone is 1. The van der Waals surface area contributed by atoms with Crippen LogP contribution in [0, 0.1) is 16.7 Å². The molecular formula is C43H57NO16. The molecule has 4 N–H and O–H groups in total. The third-order valence-electron chi connectivity index (χ3n) is 12.1. The number of ether oxygens (including phenoxy) is 7. The summed E-state index contributed by atoms with van der Waals surface area (Å²) in [6.07, 6.45) is -12.4. The maximum absolute atomic E-state index is 15.4. The van der Waals surface area contributed by atoms with Crippen molar-refractivity contribution in [1.82, 2.24) is 5.32 Å². The lowest BCUT2D eigenvalue weighted by molar-refractivity contribution is -0.346. The highest BCUT2D eigenvalue weighted by Crippen LogP contribution is 2.64. The molecule has 1 aromatic rings. The second-order valence-corrected chi connectivity index (χ2v) is 18.0. The van der Waals surface area contributed by atoms with Gasteiger partial charge in [-0.1, -0.05) is 32.0 Å². The molecule has 1 amide bonds. The molecule has 330 valence electrons. The summed E-state index contributed by atoms with van der Waals surface area (Å²) in [5, 5.41) is 39.3. The molecule has 4 aliphatic rings. The number of hydrogen-bond acceptors (Lipinski definition) is 16. The van der Waals surface area contributed by atoms with Crippen LogP contribution >= 0.6 is 0 Å². The van der Waals surface area contributed by atoms with Gasteiger partial charge in [0.15, 0.2) is 17.5 Å². The number of aliphatic hydroxyl groups is 3. The van der Waals surface area contributed by atoms with Crippen LogP contribution in [0.15, 0.2) is 53.3 Å². The number of benzene rings is 1.